The molecule has 1 amide bonds. The molecule has 0 atom stereocenters. The van der Waals surface area contributed by atoms with Crippen molar-refractivity contribution in [3.8, 4) is 5.75 Å². The number of rotatable bonds is 8. The zero-order valence-corrected chi connectivity index (χ0v) is 15.9. The van der Waals surface area contributed by atoms with Crippen LogP contribution >= 0.6 is 0 Å². The first-order valence-electron chi connectivity index (χ1n) is 9.62. The number of piperazine rings is 1. The molecule has 28 heavy (non-hydrogen) atoms. The molecular weight excluding hydrogens is 356 g/mol. The van der Waals surface area contributed by atoms with Crippen LogP contribution in [0.4, 0.5) is 0 Å². The predicted molar refractivity (Wildman–Crippen MR) is 106 cm³/mol. The normalized spacial score (nSPS) is 14.6. The minimum atomic E-state index is -0.759. The molecule has 0 bridgehead atoms. The second-order valence-electron chi connectivity index (χ2n) is 6.93. The Hall–Kier alpha value is -2.86. The van der Waals surface area contributed by atoms with Crippen molar-refractivity contribution in [3.63, 3.8) is 0 Å². The maximum Gasteiger partial charge on any atom is 0.303 e. The van der Waals surface area contributed by atoms with Gasteiger partial charge in [-0.3, -0.25) is 14.5 Å². The summed E-state index contributed by atoms with van der Waals surface area (Å²) in [6.07, 6.45) is 0.839. The third-order valence-corrected chi connectivity index (χ3v) is 4.87. The van der Waals surface area contributed by atoms with E-state index in [0.29, 0.717) is 31.7 Å². The van der Waals surface area contributed by atoms with E-state index >= 15 is 0 Å². The largest absolute Gasteiger partial charge is 0.489 e. The summed E-state index contributed by atoms with van der Waals surface area (Å²) >= 11 is 0. The molecule has 6 heteroatoms. The van der Waals surface area contributed by atoms with Crippen molar-refractivity contribution in [1.29, 1.82) is 0 Å². The second-order valence-corrected chi connectivity index (χ2v) is 6.93. The van der Waals surface area contributed by atoms with Crippen molar-refractivity contribution in [2.75, 3.05) is 32.7 Å². The highest BCUT2D eigenvalue weighted by atomic mass is 16.5. The van der Waals surface area contributed by atoms with Crippen LogP contribution in [0.1, 0.15) is 28.8 Å². The van der Waals surface area contributed by atoms with Gasteiger partial charge in [-0.2, -0.15) is 0 Å². The Morgan fingerprint density at radius 3 is 2.25 bits per heavy atom. The zero-order chi connectivity index (χ0) is 19.8. The summed E-state index contributed by atoms with van der Waals surface area (Å²) < 4.78 is 5.77. The first-order valence-corrected chi connectivity index (χ1v) is 9.62. The topological polar surface area (TPSA) is 70.1 Å². The van der Waals surface area contributed by atoms with E-state index in [0.717, 1.165) is 30.9 Å². The molecule has 1 heterocycles. The third kappa shape index (κ3) is 5.82. The number of amides is 1. The number of hydrogen-bond donors (Lipinski definition) is 1. The Labute approximate surface area is 165 Å². The number of carbonyl (C=O) groups is 2. The molecule has 0 aliphatic carbocycles. The van der Waals surface area contributed by atoms with Crippen LogP contribution in [-0.4, -0.2) is 59.5 Å². The van der Waals surface area contributed by atoms with Crippen LogP contribution in [0.25, 0.3) is 0 Å². The molecule has 1 aliphatic rings. The van der Waals surface area contributed by atoms with Crippen molar-refractivity contribution in [1.82, 2.24) is 9.80 Å². The van der Waals surface area contributed by atoms with Crippen LogP contribution in [0.5, 0.6) is 5.75 Å². The first-order chi connectivity index (χ1) is 13.6. The van der Waals surface area contributed by atoms with E-state index in [2.05, 4.69) is 4.90 Å². The van der Waals surface area contributed by atoms with Gasteiger partial charge >= 0.3 is 5.97 Å². The first kappa shape index (κ1) is 19.9. The predicted octanol–water partition coefficient (Wildman–Crippen LogP) is 2.89. The molecule has 148 valence electrons. The van der Waals surface area contributed by atoms with Gasteiger partial charge in [0.05, 0.1) is 0 Å². The highest BCUT2D eigenvalue weighted by molar-refractivity contribution is 5.94. The van der Waals surface area contributed by atoms with E-state index in [-0.39, 0.29) is 12.3 Å². The average molecular weight is 382 g/mol. The SMILES string of the molecule is O=C(O)CCCN1CCN(C(=O)c2ccc(OCc3ccccc3)cc2)CC1. The fourth-order valence-electron chi connectivity index (χ4n) is 3.25. The van der Waals surface area contributed by atoms with E-state index in [9.17, 15) is 9.59 Å². The number of carboxylic acid groups (broad SMARTS) is 1. The maximum atomic E-state index is 12.7. The smallest absolute Gasteiger partial charge is 0.303 e. The Bertz CT molecular complexity index is 769. The molecule has 1 fully saturated rings. The number of hydrogen-bond acceptors (Lipinski definition) is 4. The van der Waals surface area contributed by atoms with Crippen LogP contribution in [-0.2, 0) is 11.4 Å². The van der Waals surface area contributed by atoms with Gasteiger partial charge in [-0.25, -0.2) is 0 Å². The fraction of sp³-hybridized carbons (Fsp3) is 0.364. The molecule has 0 unspecified atom stereocenters. The second kappa shape index (κ2) is 9.90. The van der Waals surface area contributed by atoms with Gasteiger partial charge in [0, 0.05) is 38.2 Å². The standard InChI is InChI=1S/C22H26N2O4/c25-21(26)7-4-12-23-13-15-24(16-14-23)22(27)19-8-10-20(11-9-19)28-17-18-5-2-1-3-6-18/h1-3,5-6,8-11H,4,7,12-17H2,(H,25,26). The Morgan fingerprint density at radius 1 is 0.929 bits per heavy atom. The maximum absolute atomic E-state index is 12.7. The summed E-state index contributed by atoms with van der Waals surface area (Å²) in [5.74, 6) is 0.00783. The van der Waals surface area contributed by atoms with Crippen molar-refractivity contribution >= 4 is 11.9 Å². The molecular formula is C22H26N2O4. The third-order valence-electron chi connectivity index (χ3n) is 4.87. The number of carbonyl (C=O) groups excluding carboxylic acids is 1. The van der Waals surface area contributed by atoms with Gasteiger partial charge in [-0.05, 0) is 42.8 Å². The summed E-state index contributed by atoms with van der Waals surface area (Å²) in [6.45, 7) is 4.16. The van der Waals surface area contributed by atoms with Crippen LogP contribution < -0.4 is 4.74 Å². The number of ether oxygens (including phenoxy) is 1. The minimum Gasteiger partial charge on any atom is -0.489 e. The molecule has 0 aromatic heterocycles. The summed E-state index contributed by atoms with van der Waals surface area (Å²) in [4.78, 5) is 27.4. The van der Waals surface area contributed by atoms with Gasteiger partial charge in [0.2, 0.25) is 0 Å². The number of aliphatic carboxylic acids is 1. The van der Waals surface area contributed by atoms with Crippen LogP contribution in [0.3, 0.4) is 0 Å². The van der Waals surface area contributed by atoms with Crippen LogP contribution in [0, 0.1) is 0 Å². The minimum absolute atomic E-state index is 0.0276. The molecule has 2 aromatic rings. The van der Waals surface area contributed by atoms with Gasteiger partial charge < -0.3 is 14.7 Å². The van der Waals surface area contributed by atoms with E-state index in [4.69, 9.17) is 9.84 Å². The highest BCUT2D eigenvalue weighted by Gasteiger charge is 2.22. The van der Waals surface area contributed by atoms with Gasteiger partial charge in [0.25, 0.3) is 5.91 Å². The lowest BCUT2D eigenvalue weighted by molar-refractivity contribution is -0.137. The van der Waals surface area contributed by atoms with E-state index < -0.39 is 5.97 Å². The highest BCUT2D eigenvalue weighted by Crippen LogP contribution is 2.16. The van der Waals surface area contributed by atoms with Crippen molar-refractivity contribution in [3.05, 3.63) is 65.7 Å². The Kier molecular flexibility index (Phi) is 7.03. The molecule has 1 saturated heterocycles. The lowest BCUT2D eigenvalue weighted by Gasteiger charge is -2.34. The van der Waals surface area contributed by atoms with Gasteiger partial charge in [-0.1, -0.05) is 30.3 Å². The number of benzene rings is 2. The van der Waals surface area contributed by atoms with Crippen LogP contribution in [0.2, 0.25) is 0 Å². The average Bonchev–Trinajstić information content (AvgIpc) is 2.73. The van der Waals surface area contributed by atoms with Crippen LogP contribution in [0.15, 0.2) is 54.6 Å². The lowest BCUT2D eigenvalue weighted by atomic mass is 10.1. The summed E-state index contributed by atoms with van der Waals surface area (Å²) in [7, 11) is 0. The Balaban J connectivity index is 1.45. The molecule has 6 nitrogen and oxygen atoms in total. The molecule has 1 aliphatic heterocycles. The molecule has 0 spiro atoms. The van der Waals surface area contributed by atoms with Crippen molar-refractivity contribution in [2.24, 2.45) is 0 Å². The summed E-state index contributed by atoms with van der Waals surface area (Å²) in [6, 6.07) is 17.2. The fourth-order valence-corrected chi connectivity index (χ4v) is 3.25. The monoisotopic (exact) mass is 382 g/mol. The quantitative estimate of drug-likeness (QED) is 0.760. The van der Waals surface area contributed by atoms with Gasteiger partial charge in [-0.15, -0.1) is 0 Å². The molecule has 2 aromatic carbocycles. The zero-order valence-electron chi connectivity index (χ0n) is 15.9. The molecule has 0 radical (unpaired) electrons. The Morgan fingerprint density at radius 2 is 1.61 bits per heavy atom. The van der Waals surface area contributed by atoms with Crippen molar-refractivity contribution < 1.29 is 19.4 Å². The van der Waals surface area contributed by atoms with E-state index in [1.165, 1.54) is 0 Å². The molecule has 0 saturated carbocycles. The van der Waals surface area contributed by atoms with Gasteiger partial charge in [0.1, 0.15) is 12.4 Å². The number of carboxylic acids is 1. The summed E-state index contributed by atoms with van der Waals surface area (Å²) in [5.41, 5.74) is 1.76. The van der Waals surface area contributed by atoms with E-state index in [1.807, 2.05) is 59.5 Å². The lowest BCUT2D eigenvalue weighted by Crippen LogP contribution is -2.48. The van der Waals surface area contributed by atoms with Gasteiger partial charge in [0.15, 0.2) is 0 Å². The van der Waals surface area contributed by atoms with E-state index in [1.54, 1.807) is 0 Å². The molecule has 1 N–H and O–H groups in total. The van der Waals surface area contributed by atoms with Crippen molar-refractivity contribution in [2.45, 2.75) is 19.4 Å². The number of nitrogens with zero attached hydrogens (tertiary/aromatic N) is 2. The molecule has 3 rings (SSSR count). The summed E-state index contributed by atoms with van der Waals surface area (Å²) in [5, 5.41) is 8.71.